The van der Waals surface area contributed by atoms with Gasteiger partial charge in [0.1, 0.15) is 11.6 Å². The summed E-state index contributed by atoms with van der Waals surface area (Å²) in [5, 5.41) is 4.95. The molecule has 1 N–H and O–H groups in total. The lowest BCUT2D eigenvalue weighted by Crippen LogP contribution is -2.28. The number of ether oxygens (including phenoxy) is 1. The summed E-state index contributed by atoms with van der Waals surface area (Å²) in [6.07, 6.45) is 0.139. The Hall–Kier alpha value is -3.26. The molecule has 1 unspecified atom stereocenters. The van der Waals surface area contributed by atoms with Gasteiger partial charge >= 0.3 is 0 Å². The van der Waals surface area contributed by atoms with Crippen molar-refractivity contribution >= 4 is 34.0 Å². The van der Waals surface area contributed by atoms with Crippen LogP contribution >= 0.6 is 11.3 Å². The summed E-state index contributed by atoms with van der Waals surface area (Å²) in [5.74, 6) is -0.465. The average molecular weight is 411 g/mol. The number of methoxy groups -OCH3 is 1. The minimum Gasteiger partial charge on any atom is -0.497 e. The van der Waals surface area contributed by atoms with Gasteiger partial charge in [0.15, 0.2) is 5.13 Å². The number of hydrogen-bond donors (Lipinski definition) is 1. The molecule has 2 aromatic carbocycles. The third kappa shape index (κ3) is 4.12. The van der Waals surface area contributed by atoms with Crippen molar-refractivity contribution in [2.45, 2.75) is 6.42 Å². The van der Waals surface area contributed by atoms with Crippen LogP contribution in [0.25, 0.3) is 11.3 Å². The van der Waals surface area contributed by atoms with E-state index in [2.05, 4.69) is 10.3 Å². The molecule has 4 rings (SSSR count). The van der Waals surface area contributed by atoms with E-state index in [1.807, 2.05) is 0 Å². The van der Waals surface area contributed by atoms with Crippen LogP contribution in [0.2, 0.25) is 0 Å². The van der Waals surface area contributed by atoms with Crippen LogP contribution in [-0.2, 0) is 9.59 Å². The lowest BCUT2D eigenvalue weighted by molar-refractivity contribution is -0.122. The first kappa shape index (κ1) is 19.1. The number of nitrogens with one attached hydrogen (secondary N) is 1. The van der Waals surface area contributed by atoms with Crippen LogP contribution in [0.5, 0.6) is 5.75 Å². The maximum absolute atomic E-state index is 13.4. The molecule has 1 fully saturated rings. The lowest BCUT2D eigenvalue weighted by atomic mass is 10.1. The molecule has 0 radical (unpaired) electrons. The molecule has 0 bridgehead atoms. The molecular formula is C21H18FN3O3S. The quantitative estimate of drug-likeness (QED) is 0.690. The normalized spacial score (nSPS) is 16.1. The van der Waals surface area contributed by atoms with E-state index >= 15 is 0 Å². The van der Waals surface area contributed by atoms with Crippen molar-refractivity contribution in [3.8, 4) is 17.0 Å². The van der Waals surface area contributed by atoms with E-state index in [4.69, 9.17) is 4.74 Å². The zero-order chi connectivity index (χ0) is 20.4. The Balaban J connectivity index is 1.42. The van der Waals surface area contributed by atoms with Crippen molar-refractivity contribution in [1.29, 1.82) is 0 Å². The summed E-state index contributed by atoms with van der Waals surface area (Å²) in [5.41, 5.74) is 1.96. The fraction of sp³-hybridized carbons (Fsp3) is 0.190. The largest absolute Gasteiger partial charge is 0.497 e. The van der Waals surface area contributed by atoms with Gasteiger partial charge in [0.2, 0.25) is 11.8 Å². The third-order valence-corrected chi connectivity index (χ3v) is 5.49. The first-order valence-corrected chi connectivity index (χ1v) is 9.88. The van der Waals surface area contributed by atoms with Gasteiger partial charge in [-0.15, -0.1) is 11.3 Å². The van der Waals surface area contributed by atoms with E-state index in [0.717, 1.165) is 5.69 Å². The molecular weight excluding hydrogens is 393 g/mol. The molecule has 0 aliphatic carbocycles. The predicted octanol–water partition coefficient (Wildman–Crippen LogP) is 3.95. The van der Waals surface area contributed by atoms with Crippen LogP contribution in [0.4, 0.5) is 15.2 Å². The number of hydrogen-bond acceptors (Lipinski definition) is 5. The molecule has 1 aliphatic heterocycles. The maximum Gasteiger partial charge on any atom is 0.231 e. The van der Waals surface area contributed by atoms with Gasteiger partial charge in [0.25, 0.3) is 0 Å². The highest BCUT2D eigenvalue weighted by Gasteiger charge is 2.35. The first-order valence-electron chi connectivity index (χ1n) is 9.00. The second-order valence-corrected chi connectivity index (χ2v) is 7.50. The predicted molar refractivity (Wildman–Crippen MR) is 110 cm³/mol. The number of nitrogens with zero attached hydrogens (tertiary/aromatic N) is 2. The Morgan fingerprint density at radius 2 is 2.07 bits per heavy atom. The highest BCUT2D eigenvalue weighted by Crippen LogP contribution is 2.29. The van der Waals surface area contributed by atoms with Crippen molar-refractivity contribution < 1.29 is 18.7 Å². The van der Waals surface area contributed by atoms with E-state index in [1.54, 1.807) is 53.8 Å². The van der Waals surface area contributed by atoms with E-state index in [0.29, 0.717) is 28.7 Å². The molecule has 1 saturated heterocycles. The van der Waals surface area contributed by atoms with Crippen LogP contribution in [0.15, 0.2) is 53.9 Å². The summed E-state index contributed by atoms with van der Waals surface area (Å²) in [7, 11) is 1.58. The molecule has 8 heteroatoms. The van der Waals surface area contributed by atoms with Crippen molar-refractivity contribution in [3.63, 3.8) is 0 Å². The van der Waals surface area contributed by atoms with Gasteiger partial charge < -0.3 is 15.0 Å². The minimum absolute atomic E-state index is 0.102. The summed E-state index contributed by atoms with van der Waals surface area (Å²) in [6, 6.07) is 13.3. The molecule has 1 aromatic heterocycles. The SMILES string of the molecule is COc1ccc(N2CC(C(=O)Nc3nc(-c4cccc(F)c4)cs3)CC2=O)cc1. The summed E-state index contributed by atoms with van der Waals surface area (Å²) >= 11 is 1.26. The Morgan fingerprint density at radius 3 is 2.79 bits per heavy atom. The highest BCUT2D eigenvalue weighted by atomic mass is 32.1. The zero-order valence-electron chi connectivity index (χ0n) is 15.6. The Morgan fingerprint density at radius 1 is 1.28 bits per heavy atom. The van der Waals surface area contributed by atoms with Crippen LogP contribution in [0.3, 0.4) is 0 Å². The number of rotatable bonds is 5. The number of aromatic nitrogens is 1. The number of amides is 2. The van der Waals surface area contributed by atoms with Crippen molar-refractivity contribution in [2.75, 3.05) is 23.9 Å². The maximum atomic E-state index is 13.4. The molecule has 2 amide bonds. The van der Waals surface area contributed by atoms with Gasteiger partial charge in [-0.25, -0.2) is 9.37 Å². The van der Waals surface area contributed by atoms with E-state index in [-0.39, 0.29) is 24.1 Å². The summed E-state index contributed by atoms with van der Waals surface area (Å²) in [6.45, 7) is 0.305. The topological polar surface area (TPSA) is 71.5 Å². The van der Waals surface area contributed by atoms with Gasteiger partial charge in [-0.3, -0.25) is 9.59 Å². The highest BCUT2D eigenvalue weighted by molar-refractivity contribution is 7.14. The Kier molecular flexibility index (Phi) is 5.26. The number of anilines is 2. The minimum atomic E-state index is -0.467. The monoisotopic (exact) mass is 411 g/mol. The van der Waals surface area contributed by atoms with Gasteiger partial charge in [-0.2, -0.15) is 0 Å². The van der Waals surface area contributed by atoms with Crippen molar-refractivity contribution in [2.24, 2.45) is 5.92 Å². The van der Waals surface area contributed by atoms with Crippen molar-refractivity contribution in [1.82, 2.24) is 4.98 Å². The van der Waals surface area contributed by atoms with Crippen LogP contribution in [-0.4, -0.2) is 30.5 Å². The average Bonchev–Trinajstić information content (AvgIpc) is 3.35. The smallest absolute Gasteiger partial charge is 0.231 e. The zero-order valence-corrected chi connectivity index (χ0v) is 16.4. The van der Waals surface area contributed by atoms with Gasteiger partial charge in [0, 0.05) is 29.6 Å². The molecule has 29 heavy (non-hydrogen) atoms. The lowest BCUT2D eigenvalue weighted by Gasteiger charge is -2.16. The van der Waals surface area contributed by atoms with Crippen molar-refractivity contribution in [3.05, 3.63) is 59.7 Å². The standard InChI is InChI=1S/C21H18FN3O3S/c1-28-17-7-5-16(6-8-17)25-11-14(10-19(25)26)20(27)24-21-23-18(12-29-21)13-3-2-4-15(22)9-13/h2-9,12,14H,10-11H2,1H3,(H,23,24,27). The van der Waals surface area contributed by atoms with Crippen LogP contribution in [0, 0.1) is 11.7 Å². The first-order chi connectivity index (χ1) is 14.0. The number of thiazole rings is 1. The molecule has 3 aromatic rings. The molecule has 148 valence electrons. The van der Waals surface area contributed by atoms with Gasteiger partial charge in [0.05, 0.1) is 18.7 Å². The number of halogens is 1. The van der Waals surface area contributed by atoms with E-state index in [9.17, 15) is 14.0 Å². The Bertz CT molecular complexity index is 1050. The molecule has 1 aliphatic rings. The summed E-state index contributed by atoms with van der Waals surface area (Å²) in [4.78, 5) is 31.0. The molecule has 0 saturated carbocycles. The second-order valence-electron chi connectivity index (χ2n) is 6.64. The molecule has 0 spiro atoms. The van der Waals surface area contributed by atoms with E-state index in [1.165, 1.54) is 23.5 Å². The van der Waals surface area contributed by atoms with Gasteiger partial charge in [-0.1, -0.05) is 12.1 Å². The fourth-order valence-corrected chi connectivity index (χ4v) is 3.94. The fourth-order valence-electron chi connectivity index (χ4n) is 3.21. The van der Waals surface area contributed by atoms with Crippen LogP contribution < -0.4 is 15.0 Å². The molecule has 2 heterocycles. The number of benzene rings is 2. The third-order valence-electron chi connectivity index (χ3n) is 4.73. The number of carbonyl (C=O) groups excluding carboxylic acids is 2. The van der Waals surface area contributed by atoms with Crippen LogP contribution in [0.1, 0.15) is 6.42 Å². The summed E-state index contributed by atoms with van der Waals surface area (Å²) < 4.78 is 18.5. The molecule has 6 nitrogen and oxygen atoms in total. The molecule has 1 atom stereocenters. The van der Waals surface area contributed by atoms with Gasteiger partial charge in [-0.05, 0) is 36.4 Å². The van der Waals surface area contributed by atoms with E-state index < -0.39 is 5.92 Å². The Labute approximate surface area is 171 Å². The number of carbonyl (C=O) groups is 2. The second kappa shape index (κ2) is 8.00.